The molecule has 20 heavy (non-hydrogen) atoms. The van der Waals surface area contributed by atoms with Gasteiger partial charge >= 0.3 is 0 Å². The van der Waals surface area contributed by atoms with Gasteiger partial charge in [0.05, 0.1) is 5.75 Å². The van der Waals surface area contributed by atoms with Crippen molar-refractivity contribution in [3.63, 3.8) is 0 Å². The Morgan fingerprint density at radius 2 is 2.25 bits per heavy atom. The van der Waals surface area contributed by atoms with Gasteiger partial charge in [-0.25, -0.2) is 4.98 Å². The molecule has 0 spiro atoms. The Morgan fingerprint density at radius 3 is 2.75 bits per heavy atom. The minimum atomic E-state index is -0.617. The lowest BCUT2D eigenvalue weighted by Gasteiger charge is -2.26. The van der Waals surface area contributed by atoms with Gasteiger partial charge in [-0.15, -0.1) is 6.42 Å². The van der Waals surface area contributed by atoms with E-state index >= 15 is 0 Å². The predicted molar refractivity (Wildman–Crippen MR) is 80.3 cm³/mol. The fraction of sp³-hybridized carbons (Fsp3) is 0.462. The van der Waals surface area contributed by atoms with Crippen LogP contribution in [0.15, 0.2) is 16.0 Å². The van der Waals surface area contributed by atoms with Crippen LogP contribution in [0.25, 0.3) is 0 Å². The van der Waals surface area contributed by atoms with E-state index in [2.05, 4.69) is 21.2 Å². The number of thioether (sulfide) groups is 1. The van der Waals surface area contributed by atoms with Crippen molar-refractivity contribution in [1.29, 1.82) is 0 Å². The number of carbonyl (C=O) groups excluding carboxylic acids is 1. The molecule has 7 heteroatoms. The molecule has 0 aliphatic carbocycles. The van der Waals surface area contributed by atoms with Gasteiger partial charge in [0.25, 0.3) is 5.56 Å². The second-order valence-corrected chi connectivity index (χ2v) is 5.21. The van der Waals surface area contributed by atoms with Crippen molar-refractivity contribution < 1.29 is 4.79 Å². The maximum atomic E-state index is 11.9. The Morgan fingerprint density at radius 1 is 1.60 bits per heavy atom. The molecule has 1 aromatic rings. The van der Waals surface area contributed by atoms with E-state index in [0.717, 1.165) is 11.8 Å². The molecule has 0 aromatic carbocycles. The molecule has 0 radical (unpaired) electrons. The Hall–Kier alpha value is -1.94. The normalized spacial score (nSPS) is 10.8. The van der Waals surface area contributed by atoms with Crippen molar-refractivity contribution in [2.24, 2.45) is 0 Å². The molecule has 1 rings (SSSR count). The summed E-state index contributed by atoms with van der Waals surface area (Å²) in [6.07, 6.45) is 6.79. The van der Waals surface area contributed by atoms with Gasteiger partial charge < -0.3 is 16.0 Å². The summed E-state index contributed by atoms with van der Waals surface area (Å²) >= 11 is 1.10. The number of aromatic nitrogens is 2. The first-order chi connectivity index (χ1) is 9.44. The molecule has 0 fully saturated rings. The number of nitrogens with two attached hydrogens (primary N) is 1. The lowest BCUT2D eigenvalue weighted by atomic mass is 9.94. The summed E-state index contributed by atoms with van der Waals surface area (Å²) in [5.41, 5.74) is 4.50. The third-order valence-corrected chi connectivity index (χ3v) is 3.82. The summed E-state index contributed by atoms with van der Waals surface area (Å²) < 4.78 is 0. The van der Waals surface area contributed by atoms with Gasteiger partial charge in [0.2, 0.25) is 5.91 Å². The molecule has 0 saturated carbocycles. The zero-order valence-electron chi connectivity index (χ0n) is 11.5. The third kappa shape index (κ3) is 4.31. The third-order valence-electron chi connectivity index (χ3n) is 2.94. The fourth-order valence-corrected chi connectivity index (χ4v) is 2.31. The SMILES string of the molecule is C#CC(CC)(CC)NC(=O)CSc1nc(N)cc(=O)[nH]1. The summed E-state index contributed by atoms with van der Waals surface area (Å²) in [4.78, 5) is 29.5. The van der Waals surface area contributed by atoms with E-state index in [9.17, 15) is 9.59 Å². The van der Waals surface area contributed by atoms with E-state index in [1.807, 2.05) is 13.8 Å². The first-order valence-corrected chi connectivity index (χ1v) is 7.21. The molecule has 1 aromatic heterocycles. The zero-order chi connectivity index (χ0) is 15.2. The van der Waals surface area contributed by atoms with Gasteiger partial charge in [0, 0.05) is 6.07 Å². The number of anilines is 1. The van der Waals surface area contributed by atoms with Crippen molar-refractivity contribution >= 4 is 23.5 Å². The van der Waals surface area contributed by atoms with Gasteiger partial charge in [0.15, 0.2) is 5.16 Å². The first kappa shape index (κ1) is 16.1. The molecular formula is C13H18N4O2S. The lowest BCUT2D eigenvalue weighted by Crippen LogP contribution is -2.47. The van der Waals surface area contributed by atoms with E-state index in [1.165, 1.54) is 6.07 Å². The van der Waals surface area contributed by atoms with Crippen LogP contribution in [0.1, 0.15) is 26.7 Å². The number of nitrogens with one attached hydrogen (secondary N) is 2. The van der Waals surface area contributed by atoms with Crippen LogP contribution in [0, 0.1) is 12.3 Å². The zero-order valence-corrected chi connectivity index (χ0v) is 12.3. The number of amides is 1. The number of aromatic amines is 1. The molecule has 0 bridgehead atoms. The number of nitrogens with zero attached hydrogens (tertiary/aromatic N) is 1. The number of hydrogen-bond acceptors (Lipinski definition) is 5. The van der Waals surface area contributed by atoms with Crippen molar-refractivity contribution in [3.05, 3.63) is 16.4 Å². The van der Waals surface area contributed by atoms with Crippen LogP contribution >= 0.6 is 11.8 Å². The molecule has 0 aliphatic rings. The number of nitrogen functional groups attached to an aromatic ring is 1. The minimum Gasteiger partial charge on any atom is -0.383 e. The molecular weight excluding hydrogens is 276 g/mol. The second-order valence-electron chi connectivity index (χ2n) is 4.25. The lowest BCUT2D eigenvalue weighted by molar-refractivity contribution is -0.119. The number of H-pyrrole nitrogens is 1. The molecule has 0 saturated heterocycles. The predicted octanol–water partition coefficient (Wildman–Crippen LogP) is 0.752. The Kier molecular flexibility index (Phi) is 5.65. The van der Waals surface area contributed by atoms with Gasteiger partial charge in [-0.1, -0.05) is 31.5 Å². The maximum absolute atomic E-state index is 11.9. The molecule has 0 aliphatic heterocycles. The number of carbonyl (C=O) groups is 1. The Bertz CT molecular complexity index is 572. The van der Waals surface area contributed by atoms with Gasteiger partial charge in [0.1, 0.15) is 11.4 Å². The summed E-state index contributed by atoms with van der Waals surface area (Å²) in [5, 5.41) is 3.14. The van der Waals surface area contributed by atoms with Crippen LogP contribution in [0.4, 0.5) is 5.82 Å². The highest BCUT2D eigenvalue weighted by molar-refractivity contribution is 7.99. The topological polar surface area (TPSA) is 101 Å². The highest BCUT2D eigenvalue weighted by Gasteiger charge is 2.25. The summed E-state index contributed by atoms with van der Waals surface area (Å²) in [7, 11) is 0. The largest absolute Gasteiger partial charge is 0.383 e. The smallest absolute Gasteiger partial charge is 0.253 e. The van der Waals surface area contributed by atoms with E-state index < -0.39 is 5.54 Å². The minimum absolute atomic E-state index is 0.107. The highest BCUT2D eigenvalue weighted by Crippen LogP contribution is 2.16. The Balaban J connectivity index is 2.64. The van der Waals surface area contributed by atoms with Crippen molar-refractivity contribution in [3.8, 4) is 12.3 Å². The van der Waals surface area contributed by atoms with Gasteiger partial charge in [-0.2, -0.15) is 0 Å². The van der Waals surface area contributed by atoms with E-state index in [0.29, 0.717) is 18.0 Å². The van der Waals surface area contributed by atoms with Crippen LogP contribution in [0.3, 0.4) is 0 Å². The number of terminal acetylenes is 1. The maximum Gasteiger partial charge on any atom is 0.253 e. The summed E-state index contributed by atoms with van der Waals surface area (Å²) in [6, 6.07) is 1.18. The quantitative estimate of drug-likeness (QED) is 0.408. The monoisotopic (exact) mass is 294 g/mol. The average molecular weight is 294 g/mol. The van der Waals surface area contributed by atoms with Crippen LogP contribution in [-0.4, -0.2) is 27.2 Å². The van der Waals surface area contributed by atoms with Crippen molar-refractivity contribution in [2.45, 2.75) is 37.4 Å². The van der Waals surface area contributed by atoms with Crippen molar-refractivity contribution in [1.82, 2.24) is 15.3 Å². The van der Waals surface area contributed by atoms with Crippen molar-refractivity contribution in [2.75, 3.05) is 11.5 Å². The van der Waals surface area contributed by atoms with Crippen LogP contribution in [-0.2, 0) is 4.79 Å². The standard InChI is InChI=1S/C13H18N4O2S/c1-4-13(5-2,6-3)17-11(19)8-20-12-15-9(14)7-10(18)16-12/h1,7H,5-6,8H2,2-3H3,(H,17,19)(H3,14,15,16,18). The fourth-order valence-electron chi connectivity index (χ4n) is 1.63. The molecule has 108 valence electrons. The summed E-state index contributed by atoms with van der Waals surface area (Å²) in [6.45, 7) is 3.85. The summed E-state index contributed by atoms with van der Waals surface area (Å²) in [5.74, 6) is 2.65. The molecule has 0 unspecified atom stereocenters. The van der Waals surface area contributed by atoms with E-state index in [-0.39, 0.29) is 23.0 Å². The average Bonchev–Trinajstić information content (AvgIpc) is 2.42. The molecule has 1 amide bonds. The number of rotatable bonds is 6. The van der Waals surface area contributed by atoms with E-state index in [1.54, 1.807) is 0 Å². The van der Waals surface area contributed by atoms with Gasteiger partial charge in [-0.3, -0.25) is 9.59 Å². The van der Waals surface area contributed by atoms with Crippen LogP contribution in [0.2, 0.25) is 0 Å². The second kappa shape index (κ2) is 7.01. The van der Waals surface area contributed by atoms with Crippen LogP contribution in [0.5, 0.6) is 0 Å². The van der Waals surface area contributed by atoms with E-state index in [4.69, 9.17) is 12.2 Å². The van der Waals surface area contributed by atoms with Crippen LogP contribution < -0.4 is 16.6 Å². The molecule has 6 nitrogen and oxygen atoms in total. The molecule has 1 heterocycles. The molecule has 0 atom stereocenters. The first-order valence-electron chi connectivity index (χ1n) is 6.23. The van der Waals surface area contributed by atoms with Gasteiger partial charge in [-0.05, 0) is 12.8 Å². The highest BCUT2D eigenvalue weighted by atomic mass is 32.2. The Labute approximate surface area is 121 Å². The number of hydrogen-bond donors (Lipinski definition) is 3. The molecule has 4 N–H and O–H groups in total.